The lowest BCUT2D eigenvalue weighted by atomic mass is 10.1. The average Bonchev–Trinajstić information content (AvgIpc) is 3.13. The van der Waals surface area contributed by atoms with Gasteiger partial charge >= 0.3 is 6.09 Å². The van der Waals surface area contributed by atoms with Gasteiger partial charge in [-0.15, -0.1) is 11.8 Å². The highest BCUT2D eigenvalue weighted by atomic mass is 32.2. The van der Waals surface area contributed by atoms with Gasteiger partial charge in [0, 0.05) is 24.3 Å². The van der Waals surface area contributed by atoms with E-state index in [9.17, 15) is 18.8 Å². The third-order valence-electron chi connectivity index (χ3n) is 5.05. The molecule has 2 aromatic carbocycles. The first-order valence-corrected chi connectivity index (χ1v) is 12.1. The zero-order valence-corrected chi connectivity index (χ0v) is 20.6. The van der Waals surface area contributed by atoms with Crippen molar-refractivity contribution < 1.29 is 23.5 Å². The third-order valence-corrected chi connectivity index (χ3v) is 6.26. The van der Waals surface area contributed by atoms with Gasteiger partial charge in [0.15, 0.2) is 0 Å². The van der Waals surface area contributed by atoms with Crippen molar-refractivity contribution in [1.82, 2.24) is 10.6 Å². The van der Waals surface area contributed by atoms with Crippen molar-refractivity contribution >= 4 is 35.4 Å². The number of anilines is 1. The normalized spacial score (nSPS) is 15.9. The molecule has 34 heavy (non-hydrogen) atoms. The molecule has 182 valence electrons. The molecule has 0 saturated carbocycles. The van der Waals surface area contributed by atoms with E-state index >= 15 is 0 Å². The number of ether oxygens (including phenoxy) is 1. The molecule has 1 fully saturated rings. The summed E-state index contributed by atoms with van der Waals surface area (Å²) in [6.07, 6.45) is 0.0690. The van der Waals surface area contributed by atoms with Gasteiger partial charge < -0.3 is 15.4 Å². The van der Waals surface area contributed by atoms with Crippen LogP contribution < -0.4 is 15.5 Å². The van der Waals surface area contributed by atoms with Crippen LogP contribution >= 0.6 is 11.8 Å². The lowest BCUT2D eigenvalue weighted by Gasteiger charge is -2.26. The highest BCUT2D eigenvalue weighted by Crippen LogP contribution is 2.42. The minimum atomic E-state index is -0.556. The van der Waals surface area contributed by atoms with Gasteiger partial charge in [-0.25, -0.2) is 9.18 Å². The van der Waals surface area contributed by atoms with E-state index in [4.69, 9.17) is 4.74 Å². The zero-order valence-electron chi connectivity index (χ0n) is 19.8. The molecule has 0 aromatic heterocycles. The third kappa shape index (κ3) is 6.72. The van der Waals surface area contributed by atoms with E-state index in [0.29, 0.717) is 30.8 Å². The lowest BCUT2D eigenvalue weighted by molar-refractivity contribution is -0.115. The number of nitrogens with one attached hydrogen (secondary N) is 2. The Morgan fingerprint density at radius 2 is 1.79 bits per heavy atom. The number of aryl methyl sites for hydroxylation is 1. The van der Waals surface area contributed by atoms with Crippen LogP contribution in [0, 0.1) is 12.7 Å². The van der Waals surface area contributed by atoms with E-state index in [1.54, 1.807) is 56.0 Å². The van der Waals surface area contributed by atoms with Crippen LogP contribution in [-0.2, 0) is 9.53 Å². The molecule has 7 nitrogen and oxygen atoms in total. The molecule has 1 unspecified atom stereocenters. The number of nitrogens with zero attached hydrogens (tertiary/aromatic N) is 1. The minimum Gasteiger partial charge on any atom is -0.444 e. The molecular weight excluding hydrogens is 457 g/mol. The van der Waals surface area contributed by atoms with Gasteiger partial charge in [-0.3, -0.25) is 14.5 Å². The number of benzene rings is 2. The molecular formula is C25H30FN3O4S. The summed E-state index contributed by atoms with van der Waals surface area (Å²) in [5.74, 6) is -0.251. The van der Waals surface area contributed by atoms with E-state index in [-0.39, 0.29) is 23.0 Å². The lowest BCUT2D eigenvalue weighted by Crippen LogP contribution is -2.34. The van der Waals surface area contributed by atoms with E-state index in [0.717, 1.165) is 16.8 Å². The molecule has 9 heteroatoms. The number of halogens is 1. The predicted molar refractivity (Wildman–Crippen MR) is 131 cm³/mol. The number of thioether (sulfide) groups is 1. The first kappa shape index (κ1) is 25.6. The molecule has 0 spiro atoms. The van der Waals surface area contributed by atoms with Crippen LogP contribution in [-0.4, -0.2) is 42.4 Å². The Bertz CT molecular complexity index is 1050. The molecule has 3 amide bonds. The van der Waals surface area contributed by atoms with Crippen LogP contribution in [0.4, 0.5) is 14.9 Å². The number of hydrogen-bond acceptors (Lipinski definition) is 5. The smallest absolute Gasteiger partial charge is 0.407 e. The summed E-state index contributed by atoms with van der Waals surface area (Å²) >= 11 is 1.49. The van der Waals surface area contributed by atoms with Gasteiger partial charge in [-0.1, -0.05) is 12.1 Å². The van der Waals surface area contributed by atoms with Crippen molar-refractivity contribution in [2.45, 2.75) is 45.1 Å². The maximum Gasteiger partial charge on any atom is 0.407 e. The number of rotatable bonds is 7. The van der Waals surface area contributed by atoms with Gasteiger partial charge in [0.2, 0.25) is 5.91 Å². The van der Waals surface area contributed by atoms with Crippen LogP contribution in [0.5, 0.6) is 0 Å². The predicted octanol–water partition coefficient (Wildman–Crippen LogP) is 4.56. The van der Waals surface area contributed by atoms with Crippen molar-refractivity contribution in [2.75, 3.05) is 23.7 Å². The Kier molecular flexibility index (Phi) is 8.19. The summed E-state index contributed by atoms with van der Waals surface area (Å²) in [6.45, 7) is 8.01. The fourth-order valence-corrected chi connectivity index (χ4v) is 4.69. The van der Waals surface area contributed by atoms with Crippen molar-refractivity contribution in [3.05, 3.63) is 65.0 Å². The number of carbonyl (C=O) groups is 3. The molecule has 1 aliphatic rings. The second kappa shape index (κ2) is 10.9. The molecule has 1 heterocycles. The summed E-state index contributed by atoms with van der Waals surface area (Å²) in [7, 11) is 0. The highest BCUT2D eigenvalue weighted by Gasteiger charge is 2.35. The van der Waals surface area contributed by atoms with Gasteiger partial charge in [0.05, 0.1) is 5.75 Å². The van der Waals surface area contributed by atoms with Crippen molar-refractivity contribution in [1.29, 1.82) is 0 Å². The van der Waals surface area contributed by atoms with Crippen LogP contribution in [0.15, 0.2) is 42.5 Å². The summed E-state index contributed by atoms with van der Waals surface area (Å²) in [6, 6.07) is 11.4. The maximum absolute atomic E-state index is 13.3. The molecule has 1 aliphatic heterocycles. The summed E-state index contributed by atoms with van der Waals surface area (Å²) in [4.78, 5) is 38.5. The molecule has 1 saturated heterocycles. The van der Waals surface area contributed by atoms with E-state index in [1.165, 1.54) is 23.9 Å². The molecule has 0 radical (unpaired) electrons. The second-order valence-electron chi connectivity index (χ2n) is 9.02. The number of hydrogen-bond donors (Lipinski definition) is 2. The number of carbonyl (C=O) groups excluding carboxylic acids is 3. The fourth-order valence-electron chi connectivity index (χ4n) is 3.52. The Hall–Kier alpha value is -3.07. The van der Waals surface area contributed by atoms with E-state index < -0.39 is 11.7 Å². The van der Waals surface area contributed by atoms with Gasteiger partial charge in [-0.2, -0.15) is 0 Å². The molecule has 0 aliphatic carbocycles. The standard InChI is InChI=1S/C25H30FN3O4S/c1-16-14-18(22(31)27-12-5-13-28-24(32)33-25(2,3)4)8-11-20(16)29-21(30)15-34-23(29)17-6-9-19(26)10-7-17/h6-11,14,23H,5,12-13,15H2,1-4H3,(H,27,31)(H,28,32). The van der Waals surface area contributed by atoms with Crippen LogP contribution in [0.3, 0.4) is 0 Å². The maximum atomic E-state index is 13.3. The monoisotopic (exact) mass is 487 g/mol. The van der Waals surface area contributed by atoms with Crippen molar-refractivity contribution in [3.63, 3.8) is 0 Å². The average molecular weight is 488 g/mol. The van der Waals surface area contributed by atoms with Crippen LogP contribution in [0.1, 0.15) is 54.1 Å². The summed E-state index contributed by atoms with van der Waals surface area (Å²) < 4.78 is 18.5. The first-order valence-electron chi connectivity index (χ1n) is 11.1. The molecule has 3 rings (SSSR count). The summed E-state index contributed by atoms with van der Waals surface area (Å²) in [5, 5.41) is 5.24. The SMILES string of the molecule is Cc1cc(C(=O)NCCCNC(=O)OC(C)(C)C)ccc1N1C(=O)CSC1c1ccc(F)cc1. The van der Waals surface area contributed by atoms with Gasteiger partial charge in [0.1, 0.15) is 16.8 Å². The van der Waals surface area contributed by atoms with Gasteiger partial charge in [-0.05, 0) is 75.6 Å². The van der Waals surface area contributed by atoms with Crippen molar-refractivity contribution in [2.24, 2.45) is 0 Å². The topological polar surface area (TPSA) is 87.7 Å². The number of alkyl carbamates (subject to hydrolysis) is 1. The summed E-state index contributed by atoms with van der Waals surface area (Å²) in [5.41, 5.74) is 2.29. The molecule has 0 bridgehead atoms. The van der Waals surface area contributed by atoms with Crippen LogP contribution in [0.25, 0.3) is 0 Å². The highest BCUT2D eigenvalue weighted by molar-refractivity contribution is 8.00. The Labute approximate surface area is 203 Å². The van der Waals surface area contributed by atoms with Crippen molar-refractivity contribution in [3.8, 4) is 0 Å². The zero-order chi connectivity index (χ0) is 24.9. The largest absolute Gasteiger partial charge is 0.444 e. The fraction of sp³-hybridized carbons (Fsp3) is 0.400. The molecule has 2 aromatic rings. The molecule has 1 atom stereocenters. The minimum absolute atomic E-state index is 0.0305. The Morgan fingerprint density at radius 1 is 1.12 bits per heavy atom. The van der Waals surface area contributed by atoms with Gasteiger partial charge in [0.25, 0.3) is 5.91 Å². The van der Waals surface area contributed by atoms with Crippen LogP contribution in [0.2, 0.25) is 0 Å². The van der Waals surface area contributed by atoms with E-state index in [1.807, 2.05) is 6.92 Å². The van der Waals surface area contributed by atoms with E-state index in [2.05, 4.69) is 10.6 Å². The first-order chi connectivity index (χ1) is 16.0. The second-order valence-corrected chi connectivity index (χ2v) is 10.1. The Morgan fingerprint density at radius 3 is 2.44 bits per heavy atom. The molecule has 2 N–H and O–H groups in total. The Balaban J connectivity index is 1.57. The quantitative estimate of drug-likeness (QED) is 0.559. The number of amides is 3.